The fraction of sp³-hybridized carbons (Fsp3) is 0.625. The second-order valence-electron chi connectivity index (χ2n) is 6.11. The quantitative estimate of drug-likeness (QED) is 0.726. The Labute approximate surface area is 117 Å². The zero-order valence-electron chi connectivity index (χ0n) is 10.6. The first-order valence-corrected chi connectivity index (χ1v) is 8.09. The molecule has 1 aliphatic heterocycles. The van der Waals surface area contributed by atoms with Gasteiger partial charge in [0.2, 0.25) is 0 Å². The van der Waals surface area contributed by atoms with Crippen LogP contribution in [-0.2, 0) is 18.0 Å². The third-order valence-electron chi connectivity index (χ3n) is 5.12. The standard InChI is InChI=1S/C16H19BrO/c17-16(15-13-3-1-2-4-14(13)15)10-5-6-11-8-18-9-12(11)7-10/h5-7,13-16H,1-4,8-9H2. The Morgan fingerprint density at radius 1 is 1.06 bits per heavy atom. The van der Waals surface area contributed by atoms with E-state index >= 15 is 0 Å². The van der Waals surface area contributed by atoms with Crippen LogP contribution in [0.5, 0.6) is 0 Å². The summed E-state index contributed by atoms with van der Waals surface area (Å²) >= 11 is 3.97. The van der Waals surface area contributed by atoms with Crippen LogP contribution in [0.1, 0.15) is 47.2 Å². The summed E-state index contributed by atoms with van der Waals surface area (Å²) in [7, 11) is 0. The molecule has 0 amide bonds. The van der Waals surface area contributed by atoms with Crippen LogP contribution in [0.3, 0.4) is 0 Å². The number of hydrogen-bond donors (Lipinski definition) is 0. The highest BCUT2D eigenvalue weighted by Gasteiger charge is 2.53. The molecule has 3 atom stereocenters. The predicted molar refractivity (Wildman–Crippen MR) is 75.5 cm³/mol. The van der Waals surface area contributed by atoms with Crippen molar-refractivity contribution in [1.82, 2.24) is 0 Å². The topological polar surface area (TPSA) is 9.23 Å². The van der Waals surface area contributed by atoms with Gasteiger partial charge in [-0.05, 0) is 47.3 Å². The number of rotatable bonds is 2. The molecule has 2 heteroatoms. The first-order chi connectivity index (χ1) is 8.84. The molecule has 1 heterocycles. The lowest BCUT2D eigenvalue weighted by atomic mass is 10.0. The fourth-order valence-corrected chi connectivity index (χ4v) is 5.14. The maximum atomic E-state index is 5.51. The minimum absolute atomic E-state index is 0.566. The van der Waals surface area contributed by atoms with Crippen LogP contribution in [0.4, 0.5) is 0 Å². The molecule has 2 aliphatic carbocycles. The summed E-state index contributed by atoms with van der Waals surface area (Å²) in [6, 6.07) is 6.93. The highest BCUT2D eigenvalue weighted by Crippen LogP contribution is 2.62. The van der Waals surface area contributed by atoms with Crippen LogP contribution in [0.15, 0.2) is 18.2 Å². The van der Waals surface area contributed by atoms with E-state index in [1.807, 2.05) is 0 Å². The molecule has 2 fully saturated rings. The minimum Gasteiger partial charge on any atom is -0.372 e. The summed E-state index contributed by atoms with van der Waals surface area (Å²) in [5, 5.41) is 0. The van der Waals surface area contributed by atoms with Crippen molar-refractivity contribution in [2.75, 3.05) is 0 Å². The summed E-state index contributed by atoms with van der Waals surface area (Å²) < 4.78 is 5.51. The van der Waals surface area contributed by atoms with Crippen LogP contribution in [0.2, 0.25) is 0 Å². The lowest BCUT2D eigenvalue weighted by molar-refractivity contribution is 0.134. The third kappa shape index (κ3) is 1.77. The maximum Gasteiger partial charge on any atom is 0.0725 e. The van der Waals surface area contributed by atoms with Gasteiger partial charge < -0.3 is 4.74 Å². The molecule has 0 radical (unpaired) electrons. The first kappa shape index (κ1) is 11.5. The molecule has 0 bridgehead atoms. The Bertz CT molecular complexity index is 458. The van der Waals surface area contributed by atoms with Crippen molar-refractivity contribution < 1.29 is 4.74 Å². The summed E-state index contributed by atoms with van der Waals surface area (Å²) in [4.78, 5) is 0.566. The van der Waals surface area contributed by atoms with Gasteiger partial charge in [-0.1, -0.05) is 47.0 Å². The minimum atomic E-state index is 0.566. The smallest absolute Gasteiger partial charge is 0.0725 e. The largest absolute Gasteiger partial charge is 0.372 e. The average molecular weight is 307 g/mol. The van der Waals surface area contributed by atoms with E-state index in [1.54, 1.807) is 0 Å². The van der Waals surface area contributed by atoms with Crippen LogP contribution >= 0.6 is 15.9 Å². The van der Waals surface area contributed by atoms with Crippen molar-refractivity contribution in [2.24, 2.45) is 17.8 Å². The SMILES string of the molecule is BrC(c1ccc2c(c1)COC2)C1C2CCCCC21. The molecule has 0 aromatic heterocycles. The molecule has 0 spiro atoms. The Morgan fingerprint density at radius 2 is 1.78 bits per heavy atom. The molecule has 1 nitrogen and oxygen atoms in total. The maximum absolute atomic E-state index is 5.51. The first-order valence-electron chi connectivity index (χ1n) is 7.18. The van der Waals surface area contributed by atoms with Gasteiger partial charge in [0.1, 0.15) is 0 Å². The molecular weight excluding hydrogens is 288 g/mol. The second-order valence-corrected chi connectivity index (χ2v) is 7.10. The van der Waals surface area contributed by atoms with Crippen molar-refractivity contribution in [2.45, 2.75) is 43.7 Å². The number of halogens is 1. The number of alkyl halides is 1. The van der Waals surface area contributed by atoms with Gasteiger partial charge in [0.15, 0.2) is 0 Å². The van der Waals surface area contributed by atoms with E-state index in [0.717, 1.165) is 31.0 Å². The highest BCUT2D eigenvalue weighted by atomic mass is 79.9. The molecule has 1 aromatic rings. The summed E-state index contributed by atoms with van der Waals surface area (Å²) in [5.74, 6) is 2.91. The molecule has 2 saturated carbocycles. The van der Waals surface area contributed by atoms with Crippen molar-refractivity contribution in [1.29, 1.82) is 0 Å². The van der Waals surface area contributed by atoms with Gasteiger partial charge in [0.25, 0.3) is 0 Å². The molecule has 3 unspecified atom stereocenters. The van der Waals surface area contributed by atoms with Crippen LogP contribution in [0.25, 0.3) is 0 Å². The lowest BCUT2D eigenvalue weighted by Gasteiger charge is -2.11. The summed E-state index contributed by atoms with van der Waals surface area (Å²) in [5.41, 5.74) is 4.26. The predicted octanol–water partition coefficient (Wildman–Crippen LogP) is 4.59. The fourth-order valence-electron chi connectivity index (χ4n) is 4.07. The van der Waals surface area contributed by atoms with E-state index in [2.05, 4.69) is 34.1 Å². The normalized spacial score (nSPS) is 34.8. The molecule has 18 heavy (non-hydrogen) atoms. The van der Waals surface area contributed by atoms with Gasteiger partial charge in [-0.3, -0.25) is 0 Å². The molecule has 1 aromatic carbocycles. The molecule has 0 N–H and O–H groups in total. The van der Waals surface area contributed by atoms with Gasteiger partial charge in [0.05, 0.1) is 13.2 Å². The Balaban J connectivity index is 1.56. The van der Waals surface area contributed by atoms with Gasteiger partial charge in [-0.2, -0.15) is 0 Å². The number of hydrogen-bond acceptors (Lipinski definition) is 1. The Hall–Kier alpha value is -0.340. The molecule has 3 aliphatic rings. The van der Waals surface area contributed by atoms with Crippen molar-refractivity contribution in [3.63, 3.8) is 0 Å². The Morgan fingerprint density at radius 3 is 2.56 bits per heavy atom. The molecule has 96 valence electrons. The number of benzene rings is 1. The van der Waals surface area contributed by atoms with E-state index in [1.165, 1.54) is 42.4 Å². The van der Waals surface area contributed by atoms with E-state index in [9.17, 15) is 0 Å². The second kappa shape index (κ2) is 4.35. The lowest BCUT2D eigenvalue weighted by Crippen LogP contribution is -1.97. The monoisotopic (exact) mass is 306 g/mol. The highest BCUT2D eigenvalue weighted by molar-refractivity contribution is 9.09. The Kier molecular flexibility index (Phi) is 2.77. The van der Waals surface area contributed by atoms with Gasteiger partial charge in [0, 0.05) is 4.83 Å². The third-order valence-corrected chi connectivity index (χ3v) is 6.26. The van der Waals surface area contributed by atoms with Gasteiger partial charge >= 0.3 is 0 Å². The number of ether oxygens (including phenoxy) is 1. The van der Waals surface area contributed by atoms with Crippen molar-refractivity contribution >= 4 is 15.9 Å². The van der Waals surface area contributed by atoms with Crippen LogP contribution in [0, 0.1) is 17.8 Å². The van der Waals surface area contributed by atoms with E-state index in [4.69, 9.17) is 4.74 Å². The molecule has 4 rings (SSSR count). The van der Waals surface area contributed by atoms with Crippen molar-refractivity contribution in [3.05, 3.63) is 34.9 Å². The summed E-state index contributed by atoms with van der Waals surface area (Å²) in [6.07, 6.45) is 5.84. The van der Waals surface area contributed by atoms with E-state index < -0.39 is 0 Å². The zero-order valence-corrected chi connectivity index (χ0v) is 12.2. The van der Waals surface area contributed by atoms with E-state index in [-0.39, 0.29) is 0 Å². The summed E-state index contributed by atoms with van der Waals surface area (Å²) in [6.45, 7) is 1.61. The zero-order chi connectivity index (χ0) is 12.1. The van der Waals surface area contributed by atoms with Crippen LogP contribution < -0.4 is 0 Å². The molecular formula is C16H19BrO. The van der Waals surface area contributed by atoms with Crippen molar-refractivity contribution in [3.8, 4) is 0 Å². The van der Waals surface area contributed by atoms with Gasteiger partial charge in [-0.25, -0.2) is 0 Å². The average Bonchev–Trinajstić information content (AvgIpc) is 2.95. The molecule has 0 saturated heterocycles. The number of fused-ring (bicyclic) bond motifs is 2. The van der Waals surface area contributed by atoms with E-state index in [0.29, 0.717) is 4.83 Å². The van der Waals surface area contributed by atoms with Gasteiger partial charge in [-0.15, -0.1) is 0 Å². The van der Waals surface area contributed by atoms with Crippen LogP contribution in [-0.4, -0.2) is 0 Å².